The Balaban J connectivity index is 2.47. The molecule has 102 valence electrons. The van der Waals surface area contributed by atoms with Crippen LogP contribution in [-0.4, -0.2) is 13.1 Å². The second kappa shape index (κ2) is 5.07. The van der Waals surface area contributed by atoms with Crippen LogP contribution in [0.15, 0.2) is 30.4 Å². The van der Waals surface area contributed by atoms with Crippen molar-refractivity contribution >= 4 is 5.97 Å². The Hall–Kier alpha value is -1.78. The third-order valence-electron chi connectivity index (χ3n) is 3.23. The summed E-state index contributed by atoms with van der Waals surface area (Å²) in [6.45, 7) is 0. The van der Waals surface area contributed by atoms with E-state index in [1.54, 1.807) is 0 Å². The number of methoxy groups -OCH3 is 1. The van der Waals surface area contributed by atoms with E-state index in [4.69, 9.17) is 0 Å². The van der Waals surface area contributed by atoms with Gasteiger partial charge in [-0.05, 0) is 42.5 Å². The van der Waals surface area contributed by atoms with E-state index in [2.05, 4.69) is 4.74 Å². The number of alkyl halides is 3. The number of allylic oxidation sites excluding steroid dienone is 2. The number of rotatable bonds is 2. The summed E-state index contributed by atoms with van der Waals surface area (Å²) in [6, 6.07) is 3.17. The predicted octanol–water partition coefficient (Wildman–Crippen LogP) is 3.93. The molecule has 0 aliphatic heterocycles. The highest BCUT2D eigenvalue weighted by Crippen LogP contribution is 2.36. The van der Waals surface area contributed by atoms with Crippen molar-refractivity contribution in [1.29, 1.82) is 0 Å². The SMILES string of the molecule is COC(=O)c1ccc(C(F)(F)F)cc1C1CC=CC1. The Morgan fingerprint density at radius 1 is 1.26 bits per heavy atom. The van der Waals surface area contributed by atoms with Crippen molar-refractivity contribution in [2.24, 2.45) is 0 Å². The zero-order valence-electron chi connectivity index (χ0n) is 10.3. The largest absolute Gasteiger partial charge is 0.465 e. The van der Waals surface area contributed by atoms with Gasteiger partial charge < -0.3 is 4.74 Å². The molecule has 0 saturated heterocycles. The fourth-order valence-electron chi connectivity index (χ4n) is 2.24. The molecule has 2 rings (SSSR count). The predicted molar refractivity (Wildman–Crippen MR) is 63.9 cm³/mol. The van der Waals surface area contributed by atoms with Crippen LogP contribution >= 0.6 is 0 Å². The molecule has 0 heterocycles. The fourth-order valence-corrected chi connectivity index (χ4v) is 2.24. The maximum absolute atomic E-state index is 12.7. The molecule has 0 atom stereocenters. The maximum atomic E-state index is 12.7. The average molecular weight is 270 g/mol. The van der Waals surface area contributed by atoms with Gasteiger partial charge in [-0.2, -0.15) is 13.2 Å². The third-order valence-corrected chi connectivity index (χ3v) is 3.23. The summed E-state index contributed by atoms with van der Waals surface area (Å²) in [5.74, 6) is -0.688. The molecule has 0 spiro atoms. The Labute approximate surface area is 108 Å². The lowest BCUT2D eigenvalue weighted by atomic mass is 9.90. The van der Waals surface area contributed by atoms with E-state index in [-0.39, 0.29) is 11.5 Å². The number of esters is 1. The average Bonchev–Trinajstić information content (AvgIpc) is 2.89. The second-order valence-electron chi connectivity index (χ2n) is 4.43. The van der Waals surface area contributed by atoms with Crippen LogP contribution in [0.5, 0.6) is 0 Å². The van der Waals surface area contributed by atoms with Gasteiger partial charge in [-0.1, -0.05) is 12.2 Å². The van der Waals surface area contributed by atoms with Crippen LogP contribution in [0.1, 0.15) is 40.2 Å². The van der Waals surface area contributed by atoms with Gasteiger partial charge >= 0.3 is 12.1 Å². The molecule has 0 unspecified atom stereocenters. The van der Waals surface area contributed by atoms with Crippen LogP contribution < -0.4 is 0 Å². The minimum Gasteiger partial charge on any atom is -0.465 e. The highest BCUT2D eigenvalue weighted by molar-refractivity contribution is 5.91. The molecule has 0 amide bonds. The van der Waals surface area contributed by atoms with Crippen LogP contribution in [0.25, 0.3) is 0 Å². The molecule has 1 aliphatic carbocycles. The van der Waals surface area contributed by atoms with Gasteiger partial charge in [-0.25, -0.2) is 4.79 Å². The van der Waals surface area contributed by atoms with E-state index < -0.39 is 17.7 Å². The zero-order chi connectivity index (χ0) is 14.0. The van der Waals surface area contributed by atoms with Gasteiger partial charge in [-0.15, -0.1) is 0 Å². The van der Waals surface area contributed by atoms with E-state index in [1.807, 2.05) is 12.2 Å². The van der Waals surface area contributed by atoms with Crippen molar-refractivity contribution in [2.75, 3.05) is 7.11 Å². The van der Waals surface area contributed by atoms with E-state index in [9.17, 15) is 18.0 Å². The number of halogens is 3. The molecule has 0 bridgehead atoms. The normalized spacial score (nSPS) is 15.8. The maximum Gasteiger partial charge on any atom is 0.416 e. The van der Waals surface area contributed by atoms with Crippen LogP contribution in [0.3, 0.4) is 0 Å². The monoisotopic (exact) mass is 270 g/mol. The summed E-state index contributed by atoms with van der Waals surface area (Å²) in [6.07, 6.45) is 0.698. The Bertz CT molecular complexity index is 510. The molecule has 1 aromatic rings. The van der Waals surface area contributed by atoms with Gasteiger partial charge in [0, 0.05) is 0 Å². The summed E-state index contributed by atoms with van der Waals surface area (Å²) >= 11 is 0. The minimum atomic E-state index is -4.41. The van der Waals surface area contributed by atoms with E-state index in [0.29, 0.717) is 18.4 Å². The zero-order valence-corrected chi connectivity index (χ0v) is 10.3. The van der Waals surface area contributed by atoms with E-state index in [1.165, 1.54) is 13.2 Å². The van der Waals surface area contributed by atoms with Gasteiger partial charge in [0.2, 0.25) is 0 Å². The molecule has 0 radical (unpaired) electrons. The topological polar surface area (TPSA) is 26.3 Å². The molecule has 0 N–H and O–H groups in total. The van der Waals surface area contributed by atoms with Crippen LogP contribution in [0, 0.1) is 0 Å². The van der Waals surface area contributed by atoms with Gasteiger partial charge in [0.1, 0.15) is 0 Å². The number of carbonyl (C=O) groups is 1. The highest BCUT2D eigenvalue weighted by atomic mass is 19.4. The molecular weight excluding hydrogens is 257 g/mol. The standard InChI is InChI=1S/C14H13F3O2/c1-19-13(18)11-7-6-10(14(15,16)17)8-12(11)9-4-2-3-5-9/h2-3,6-9H,4-5H2,1H3. The number of hydrogen-bond donors (Lipinski definition) is 0. The Morgan fingerprint density at radius 2 is 1.89 bits per heavy atom. The minimum absolute atomic E-state index is 0.0867. The van der Waals surface area contributed by atoms with Crippen molar-refractivity contribution in [3.8, 4) is 0 Å². The quantitative estimate of drug-likeness (QED) is 0.601. The molecule has 1 aromatic carbocycles. The Kier molecular flexibility index (Phi) is 3.64. The van der Waals surface area contributed by atoms with Gasteiger partial charge in [-0.3, -0.25) is 0 Å². The van der Waals surface area contributed by atoms with Crippen molar-refractivity contribution in [3.05, 3.63) is 47.0 Å². The fraction of sp³-hybridized carbons (Fsp3) is 0.357. The summed E-state index contributed by atoms with van der Waals surface area (Å²) < 4.78 is 42.8. The first-order chi connectivity index (χ1) is 8.93. The lowest BCUT2D eigenvalue weighted by Crippen LogP contribution is -2.12. The molecule has 19 heavy (non-hydrogen) atoms. The highest BCUT2D eigenvalue weighted by Gasteiger charge is 2.32. The second-order valence-corrected chi connectivity index (χ2v) is 4.43. The van der Waals surface area contributed by atoms with E-state index in [0.717, 1.165) is 12.1 Å². The first-order valence-electron chi connectivity index (χ1n) is 5.88. The molecule has 5 heteroatoms. The van der Waals surface area contributed by atoms with Gasteiger partial charge in [0.05, 0.1) is 18.2 Å². The number of carbonyl (C=O) groups excluding carboxylic acids is 1. The Morgan fingerprint density at radius 3 is 2.42 bits per heavy atom. The number of ether oxygens (including phenoxy) is 1. The molecule has 0 fully saturated rings. The summed E-state index contributed by atoms with van der Waals surface area (Å²) in [4.78, 5) is 11.6. The van der Waals surface area contributed by atoms with Crippen molar-refractivity contribution in [1.82, 2.24) is 0 Å². The van der Waals surface area contributed by atoms with Crippen molar-refractivity contribution in [2.45, 2.75) is 24.9 Å². The van der Waals surface area contributed by atoms with E-state index >= 15 is 0 Å². The van der Waals surface area contributed by atoms with Gasteiger partial charge in [0.15, 0.2) is 0 Å². The van der Waals surface area contributed by atoms with Crippen molar-refractivity contribution in [3.63, 3.8) is 0 Å². The third kappa shape index (κ3) is 2.80. The summed E-state index contributed by atoms with van der Waals surface area (Å²) in [5.41, 5.74) is -0.113. The molecule has 2 nitrogen and oxygen atoms in total. The number of benzene rings is 1. The first kappa shape index (κ1) is 13.6. The molecule has 0 aromatic heterocycles. The summed E-state index contributed by atoms with van der Waals surface area (Å²) in [7, 11) is 1.22. The van der Waals surface area contributed by atoms with Crippen molar-refractivity contribution < 1.29 is 22.7 Å². The van der Waals surface area contributed by atoms with Crippen LogP contribution in [0.2, 0.25) is 0 Å². The first-order valence-corrected chi connectivity index (χ1v) is 5.88. The smallest absolute Gasteiger partial charge is 0.416 e. The lowest BCUT2D eigenvalue weighted by Gasteiger charge is -2.17. The van der Waals surface area contributed by atoms with Crippen LogP contribution in [-0.2, 0) is 10.9 Å². The molecular formula is C14H13F3O2. The van der Waals surface area contributed by atoms with Crippen LogP contribution in [0.4, 0.5) is 13.2 Å². The summed E-state index contributed by atoms with van der Waals surface area (Å²) in [5, 5.41) is 0. The lowest BCUT2D eigenvalue weighted by molar-refractivity contribution is -0.137. The molecule has 0 saturated carbocycles. The number of hydrogen-bond acceptors (Lipinski definition) is 2. The van der Waals surface area contributed by atoms with Gasteiger partial charge in [0.25, 0.3) is 0 Å². The molecule has 1 aliphatic rings.